The average Bonchev–Trinajstić information content (AvgIpc) is 2.49. The summed E-state index contributed by atoms with van der Waals surface area (Å²) in [5.41, 5.74) is 9.01. The van der Waals surface area contributed by atoms with E-state index in [0.29, 0.717) is 22.8 Å². The van der Waals surface area contributed by atoms with Crippen molar-refractivity contribution in [3.05, 3.63) is 52.5 Å². The van der Waals surface area contributed by atoms with Gasteiger partial charge in [-0.3, -0.25) is 0 Å². The van der Waals surface area contributed by atoms with Gasteiger partial charge in [-0.2, -0.15) is 5.26 Å². The molecule has 0 aliphatic heterocycles. The summed E-state index contributed by atoms with van der Waals surface area (Å²) in [7, 11) is 1.94. The minimum atomic E-state index is 0.594. The predicted octanol–water partition coefficient (Wildman–Crippen LogP) is 4.15. The molecular weight excluding hydrogens is 302 g/mol. The number of hydrogen-bond acceptors (Lipinski definition) is 4. The maximum Gasteiger partial charge on any atom is 0.103 e. The second-order valence-electron chi connectivity index (χ2n) is 4.67. The first-order valence-corrected chi connectivity index (χ1v) is 7.99. The van der Waals surface area contributed by atoms with Crippen LogP contribution in [0.2, 0.25) is 5.02 Å². The third-order valence-corrected chi connectivity index (χ3v) is 4.37. The highest BCUT2D eigenvalue weighted by molar-refractivity contribution is 7.98. The Labute approximate surface area is 134 Å². The molecule has 0 fully saturated rings. The standard InChI is InChI=1S/C16H16ClN3S/c1-20(10-11-8-12(19)6-7-14(11)17)15-4-3-5-16(21-2)13(15)9-18/h3-8H,10,19H2,1-2H3. The van der Waals surface area contributed by atoms with E-state index in [4.69, 9.17) is 17.3 Å². The molecule has 0 atom stereocenters. The lowest BCUT2D eigenvalue weighted by Gasteiger charge is -2.22. The van der Waals surface area contributed by atoms with Crippen LogP contribution in [0.25, 0.3) is 0 Å². The Kier molecular flexibility index (Phi) is 5.00. The van der Waals surface area contributed by atoms with Crippen molar-refractivity contribution in [2.24, 2.45) is 0 Å². The maximum absolute atomic E-state index is 9.41. The Hall–Kier alpha value is -1.83. The molecule has 0 amide bonds. The molecule has 2 rings (SSSR count). The van der Waals surface area contributed by atoms with Crippen LogP contribution in [0.5, 0.6) is 0 Å². The fraction of sp³-hybridized carbons (Fsp3) is 0.188. The van der Waals surface area contributed by atoms with E-state index in [0.717, 1.165) is 16.1 Å². The molecule has 5 heteroatoms. The van der Waals surface area contributed by atoms with Gasteiger partial charge < -0.3 is 10.6 Å². The number of nitrogen functional groups attached to an aromatic ring is 1. The van der Waals surface area contributed by atoms with Crippen molar-refractivity contribution in [2.45, 2.75) is 11.4 Å². The molecule has 3 nitrogen and oxygen atoms in total. The van der Waals surface area contributed by atoms with Crippen molar-refractivity contribution in [3.8, 4) is 6.07 Å². The van der Waals surface area contributed by atoms with E-state index in [2.05, 4.69) is 6.07 Å². The number of nitriles is 1. The molecular formula is C16H16ClN3S. The lowest BCUT2D eigenvalue weighted by molar-refractivity contribution is 0.918. The Balaban J connectivity index is 2.35. The van der Waals surface area contributed by atoms with E-state index in [1.807, 2.05) is 42.5 Å². The smallest absolute Gasteiger partial charge is 0.103 e. The summed E-state index contributed by atoms with van der Waals surface area (Å²) in [5.74, 6) is 0. The summed E-state index contributed by atoms with van der Waals surface area (Å²) in [4.78, 5) is 2.99. The quantitative estimate of drug-likeness (QED) is 0.680. The molecule has 0 spiro atoms. The second-order valence-corrected chi connectivity index (χ2v) is 5.93. The van der Waals surface area contributed by atoms with Crippen LogP contribution < -0.4 is 10.6 Å². The van der Waals surface area contributed by atoms with Gasteiger partial charge in [0, 0.05) is 29.2 Å². The van der Waals surface area contributed by atoms with Gasteiger partial charge >= 0.3 is 0 Å². The molecule has 0 saturated carbocycles. The van der Waals surface area contributed by atoms with E-state index in [1.165, 1.54) is 0 Å². The lowest BCUT2D eigenvalue weighted by atomic mass is 10.1. The van der Waals surface area contributed by atoms with E-state index >= 15 is 0 Å². The number of nitrogens with two attached hydrogens (primary N) is 1. The fourth-order valence-corrected chi connectivity index (χ4v) is 2.92. The third kappa shape index (κ3) is 3.44. The first-order valence-electron chi connectivity index (χ1n) is 6.39. The summed E-state index contributed by atoms with van der Waals surface area (Å²) in [6, 6.07) is 13.6. The number of thioether (sulfide) groups is 1. The molecule has 0 heterocycles. The minimum absolute atomic E-state index is 0.594. The van der Waals surface area contributed by atoms with Crippen LogP contribution in [-0.2, 0) is 6.54 Å². The molecule has 0 aromatic heterocycles. The van der Waals surface area contributed by atoms with Gasteiger partial charge in [-0.15, -0.1) is 11.8 Å². The molecule has 0 aliphatic carbocycles. The van der Waals surface area contributed by atoms with E-state index in [-0.39, 0.29) is 0 Å². The summed E-state index contributed by atoms with van der Waals surface area (Å²) >= 11 is 7.78. The van der Waals surface area contributed by atoms with Crippen LogP contribution in [0.15, 0.2) is 41.3 Å². The molecule has 2 N–H and O–H groups in total. The summed E-state index contributed by atoms with van der Waals surface area (Å²) < 4.78 is 0. The number of rotatable bonds is 4. The van der Waals surface area contributed by atoms with Crippen molar-refractivity contribution < 1.29 is 0 Å². The lowest BCUT2D eigenvalue weighted by Crippen LogP contribution is -2.18. The van der Waals surface area contributed by atoms with Crippen molar-refractivity contribution in [1.29, 1.82) is 5.26 Å². The summed E-state index contributed by atoms with van der Waals surface area (Å²) in [6.45, 7) is 0.594. The molecule has 21 heavy (non-hydrogen) atoms. The van der Waals surface area contributed by atoms with Crippen LogP contribution in [0.1, 0.15) is 11.1 Å². The topological polar surface area (TPSA) is 53.0 Å². The van der Waals surface area contributed by atoms with Gasteiger partial charge in [-0.05, 0) is 42.2 Å². The summed E-state index contributed by atoms with van der Waals surface area (Å²) in [6.07, 6.45) is 1.97. The Morgan fingerprint density at radius 2 is 2.10 bits per heavy atom. The van der Waals surface area contributed by atoms with Crippen LogP contribution >= 0.6 is 23.4 Å². The zero-order valence-corrected chi connectivity index (χ0v) is 13.5. The van der Waals surface area contributed by atoms with Crippen LogP contribution in [0.4, 0.5) is 11.4 Å². The number of benzene rings is 2. The Morgan fingerprint density at radius 3 is 2.76 bits per heavy atom. The van der Waals surface area contributed by atoms with Gasteiger partial charge in [-0.1, -0.05) is 17.7 Å². The van der Waals surface area contributed by atoms with Gasteiger partial charge in [-0.25, -0.2) is 0 Å². The van der Waals surface area contributed by atoms with E-state index < -0.39 is 0 Å². The highest BCUT2D eigenvalue weighted by atomic mass is 35.5. The monoisotopic (exact) mass is 317 g/mol. The predicted molar refractivity (Wildman–Crippen MR) is 90.9 cm³/mol. The largest absolute Gasteiger partial charge is 0.399 e. The molecule has 2 aromatic carbocycles. The normalized spacial score (nSPS) is 10.2. The summed E-state index contributed by atoms with van der Waals surface area (Å²) in [5, 5.41) is 10.1. The average molecular weight is 318 g/mol. The number of nitrogens with zero attached hydrogens (tertiary/aromatic N) is 2. The molecule has 0 bridgehead atoms. The zero-order chi connectivity index (χ0) is 15.4. The SMILES string of the molecule is CSc1cccc(N(C)Cc2cc(N)ccc2Cl)c1C#N. The number of hydrogen-bond donors (Lipinski definition) is 1. The number of anilines is 2. The van der Waals surface area contributed by atoms with Gasteiger partial charge in [0.05, 0.1) is 11.3 Å². The van der Waals surface area contributed by atoms with Crippen LogP contribution in [-0.4, -0.2) is 13.3 Å². The van der Waals surface area contributed by atoms with Crippen molar-refractivity contribution in [3.63, 3.8) is 0 Å². The van der Waals surface area contributed by atoms with Crippen molar-refractivity contribution in [2.75, 3.05) is 23.9 Å². The first kappa shape index (κ1) is 15.6. The van der Waals surface area contributed by atoms with Gasteiger partial charge in [0.25, 0.3) is 0 Å². The zero-order valence-electron chi connectivity index (χ0n) is 11.9. The molecule has 108 valence electrons. The van der Waals surface area contributed by atoms with E-state index in [1.54, 1.807) is 23.9 Å². The molecule has 0 radical (unpaired) electrons. The third-order valence-electron chi connectivity index (χ3n) is 3.22. The molecule has 0 aliphatic rings. The fourth-order valence-electron chi connectivity index (χ4n) is 2.18. The molecule has 2 aromatic rings. The van der Waals surface area contributed by atoms with Gasteiger partial charge in [0.1, 0.15) is 6.07 Å². The maximum atomic E-state index is 9.41. The first-order chi connectivity index (χ1) is 10.1. The van der Waals surface area contributed by atoms with Gasteiger partial charge in [0.15, 0.2) is 0 Å². The van der Waals surface area contributed by atoms with Gasteiger partial charge in [0.2, 0.25) is 0 Å². The second kappa shape index (κ2) is 6.75. The highest BCUT2D eigenvalue weighted by Gasteiger charge is 2.13. The molecule has 0 unspecified atom stereocenters. The number of halogens is 1. The van der Waals surface area contributed by atoms with Crippen molar-refractivity contribution in [1.82, 2.24) is 0 Å². The molecule has 0 saturated heterocycles. The highest BCUT2D eigenvalue weighted by Crippen LogP contribution is 2.30. The minimum Gasteiger partial charge on any atom is -0.399 e. The van der Waals surface area contributed by atoms with E-state index in [9.17, 15) is 5.26 Å². The Morgan fingerprint density at radius 1 is 1.33 bits per heavy atom. The Bertz CT molecular complexity index is 694. The van der Waals surface area contributed by atoms with Crippen LogP contribution in [0, 0.1) is 11.3 Å². The van der Waals surface area contributed by atoms with Crippen molar-refractivity contribution >= 4 is 34.7 Å². The van der Waals surface area contributed by atoms with Crippen LogP contribution in [0.3, 0.4) is 0 Å².